The van der Waals surface area contributed by atoms with E-state index >= 15 is 8.78 Å². The first-order chi connectivity index (χ1) is 27.0. The maximum Gasteiger partial charge on any atom is 0.410 e. The Morgan fingerprint density at radius 3 is 2.26 bits per heavy atom. The third-order valence-corrected chi connectivity index (χ3v) is 18.6. The molecule has 3 fully saturated rings. The molecule has 7 rings (SSSR count). The topological polar surface area (TPSA) is 102 Å². The normalized spacial score (nSPS) is 19.3. The summed E-state index contributed by atoms with van der Waals surface area (Å²) in [6, 6.07) is 8.86. The second kappa shape index (κ2) is 15.3. The van der Waals surface area contributed by atoms with E-state index < -0.39 is 25.3 Å². The van der Waals surface area contributed by atoms with Crippen molar-refractivity contribution in [2.24, 2.45) is 11.8 Å². The van der Waals surface area contributed by atoms with E-state index in [1.54, 1.807) is 23.1 Å². The standard InChI is InChI=1S/C45H55F2N5O4Si/c1-25(2)57(26(3)4,27(5)6)19-17-31-35(46)16-13-28-20-30(55-24-54-10)21-32(37(28)31)41-40(47)43-39(36(49-41)12-11-18-48)42(50-52(43)29-14-15-29)38-33-22-51(23-34(33)38)44(53)56-45(7,8)9/h13,16,20-21,25-27,29,33-34,38H,11-12,14-15,22-24H2,1-10H3. The minimum absolute atomic E-state index is 0.0222. The number of hydrogen-bond acceptors (Lipinski definition) is 7. The number of piperidine rings is 1. The predicted octanol–water partition coefficient (Wildman–Crippen LogP) is 10.5. The number of likely N-dealkylation sites (tertiary alicyclic amines) is 1. The number of halogens is 2. The summed E-state index contributed by atoms with van der Waals surface area (Å²) in [4.78, 5) is 19.7. The number of nitrogens with zero attached hydrogens (tertiary/aromatic N) is 5. The second-order valence-electron chi connectivity index (χ2n) is 18.1. The Balaban J connectivity index is 1.44. The molecule has 3 aliphatic rings. The van der Waals surface area contributed by atoms with Gasteiger partial charge in [-0.3, -0.25) is 4.68 Å². The predicted molar refractivity (Wildman–Crippen MR) is 221 cm³/mol. The molecule has 1 amide bonds. The molecular formula is C45H55F2N5O4Si. The summed E-state index contributed by atoms with van der Waals surface area (Å²) < 4.78 is 52.8. The van der Waals surface area contributed by atoms with Crippen LogP contribution in [0, 0.1) is 46.3 Å². The van der Waals surface area contributed by atoms with Crippen LogP contribution in [0.2, 0.25) is 16.6 Å². The van der Waals surface area contributed by atoms with Gasteiger partial charge in [-0.05, 0) is 85.7 Å². The Morgan fingerprint density at radius 2 is 1.68 bits per heavy atom. The van der Waals surface area contributed by atoms with Gasteiger partial charge in [0.15, 0.2) is 12.6 Å². The Labute approximate surface area is 336 Å². The largest absolute Gasteiger partial charge is 0.468 e. The smallest absolute Gasteiger partial charge is 0.410 e. The number of pyridine rings is 1. The molecule has 2 unspecified atom stereocenters. The fraction of sp³-hybridized carbons (Fsp3) is 0.556. The van der Waals surface area contributed by atoms with E-state index in [1.165, 1.54) is 13.2 Å². The number of benzene rings is 2. The molecule has 302 valence electrons. The van der Waals surface area contributed by atoms with Crippen LogP contribution in [0.15, 0.2) is 24.3 Å². The molecule has 0 spiro atoms. The summed E-state index contributed by atoms with van der Waals surface area (Å²) in [5.74, 6) is 3.07. The first-order valence-electron chi connectivity index (χ1n) is 20.4. The van der Waals surface area contributed by atoms with Crippen LogP contribution in [0.1, 0.15) is 110 Å². The third-order valence-electron chi connectivity index (χ3n) is 12.3. The first-order valence-corrected chi connectivity index (χ1v) is 22.6. The fourth-order valence-corrected chi connectivity index (χ4v) is 14.8. The van der Waals surface area contributed by atoms with Gasteiger partial charge in [0.05, 0.1) is 29.1 Å². The highest BCUT2D eigenvalue weighted by atomic mass is 28.3. The van der Waals surface area contributed by atoms with E-state index in [4.69, 9.17) is 24.3 Å². The minimum atomic E-state index is -2.29. The third kappa shape index (κ3) is 7.40. The van der Waals surface area contributed by atoms with Crippen LogP contribution >= 0.6 is 0 Å². The molecule has 1 aliphatic heterocycles. The highest BCUT2D eigenvalue weighted by molar-refractivity contribution is 6.90. The zero-order valence-corrected chi connectivity index (χ0v) is 35.9. The van der Waals surface area contributed by atoms with Crippen molar-refractivity contribution in [1.29, 1.82) is 5.26 Å². The quantitative estimate of drug-likeness (QED) is 0.0846. The van der Waals surface area contributed by atoms with Crippen molar-refractivity contribution in [1.82, 2.24) is 19.7 Å². The number of aryl methyl sites for hydroxylation is 1. The van der Waals surface area contributed by atoms with Crippen LogP contribution in [-0.2, 0) is 15.9 Å². The summed E-state index contributed by atoms with van der Waals surface area (Å²) in [6.07, 6.45) is 1.85. The summed E-state index contributed by atoms with van der Waals surface area (Å²) in [7, 11) is -0.770. The van der Waals surface area contributed by atoms with E-state index in [1.807, 2.05) is 25.5 Å². The molecule has 2 saturated carbocycles. The average molecular weight is 796 g/mol. The summed E-state index contributed by atoms with van der Waals surface area (Å²) in [5, 5.41) is 16.7. The van der Waals surface area contributed by atoms with Crippen molar-refractivity contribution in [3.8, 4) is 34.5 Å². The molecular weight excluding hydrogens is 741 g/mol. The first kappa shape index (κ1) is 40.7. The van der Waals surface area contributed by atoms with Crippen LogP contribution in [0.5, 0.6) is 5.75 Å². The number of aromatic nitrogens is 3. The lowest BCUT2D eigenvalue weighted by Crippen LogP contribution is -2.43. The fourth-order valence-electron chi connectivity index (χ4n) is 9.59. The molecule has 4 aromatic rings. The summed E-state index contributed by atoms with van der Waals surface area (Å²) >= 11 is 0. The van der Waals surface area contributed by atoms with Crippen LogP contribution in [-0.4, -0.2) is 66.4 Å². The molecule has 2 aromatic heterocycles. The molecule has 0 bridgehead atoms. The summed E-state index contributed by atoms with van der Waals surface area (Å²) in [5.41, 5.74) is 6.36. The van der Waals surface area contributed by atoms with Crippen molar-refractivity contribution in [3.05, 3.63) is 52.9 Å². The molecule has 1 saturated heterocycles. The highest BCUT2D eigenvalue weighted by Gasteiger charge is 2.59. The molecule has 57 heavy (non-hydrogen) atoms. The van der Waals surface area contributed by atoms with Crippen LogP contribution in [0.25, 0.3) is 32.9 Å². The number of hydrogen-bond donors (Lipinski definition) is 0. The van der Waals surface area contributed by atoms with E-state index in [0.717, 1.165) is 18.5 Å². The maximum absolute atomic E-state index is 17.8. The van der Waals surface area contributed by atoms with E-state index in [9.17, 15) is 10.1 Å². The van der Waals surface area contributed by atoms with Crippen LogP contribution in [0.4, 0.5) is 13.6 Å². The number of fused-ring (bicyclic) bond motifs is 3. The van der Waals surface area contributed by atoms with Gasteiger partial charge in [0.1, 0.15) is 36.5 Å². The lowest BCUT2D eigenvalue weighted by atomic mass is 9.94. The molecule has 0 radical (unpaired) electrons. The van der Waals surface area contributed by atoms with Crippen molar-refractivity contribution >= 4 is 35.8 Å². The van der Waals surface area contributed by atoms with Gasteiger partial charge < -0.3 is 19.1 Å². The lowest BCUT2D eigenvalue weighted by Gasteiger charge is -2.38. The highest BCUT2D eigenvalue weighted by Crippen LogP contribution is 2.60. The Morgan fingerprint density at radius 1 is 1.02 bits per heavy atom. The number of carbonyl (C=O) groups excluding carboxylic acids is 1. The Kier molecular flexibility index (Phi) is 10.9. The Hall–Kier alpha value is -4.52. The molecule has 9 nitrogen and oxygen atoms in total. The summed E-state index contributed by atoms with van der Waals surface area (Å²) in [6.45, 7) is 19.9. The van der Waals surface area contributed by atoms with Crippen molar-refractivity contribution in [2.75, 3.05) is 27.0 Å². The molecule has 0 N–H and O–H groups in total. The van der Waals surface area contributed by atoms with Gasteiger partial charge in [0.2, 0.25) is 0 Å². The van der Waals surface area contributed by atoms with Crippen LogP contribution in [0.3, 0.4) is 0 Å². The van der Waals surface area contributed by atoms with Crippen molar-refractivity contribution in [3.63, 3.8) is 0 Å². The number of rotatable bonds is 11. The number of ether oxygens (including phenoxy) is 3. The van der Waals surface area contributed by atoms with Crippen molar-refractivity contribution in [2.45, 2.75) is 122 Å². The zero-order valence-electron chi connectivity index (χ0n) is 34.9. The number of carbonyl (C=O) groups is 1. The van der Waals surface area contributed by atoms with Gasteiger partial charge >= 0.3 is 6.09 Å². The average Bonchev–Trinajstić information content (AvgIpc) is 4.02. The lowest BCUT2D eigenvalue weighted by molar-refractivity contribution is 0.0270. The van der Waals surface area contributed by atoms with Gasteiger partial charge in [-0.2, -0.15) is 10.4 Å². The zero-order chi connectivity index (χ0) is 41.1. The van der Waals surface area contributed by atoms with Crippen molar-refractivity contribution < 1.29 is 27.8 Å². The Bertz CT molecular complexity index is 2290. The second-order valence-corrected chi connectivity index (χ2v) is 23.7. The van der Waals surface area contributed by atoms with E-state index in [2.05, 4.69) is 59.1 Å². The van der Waals surface area contributed by atoms with Gasteiger partial charge in [0, 0.05) is 55.3 Å². The number of nitriles is 1. The van der Waals surface area contributed by atoms with Gasteiger partial charge in [-0.15, -0.1) is 5.54 Å². The molecule has 2 aliphatic carbocycles. The molecule has 12 heteroatoms. The van der Waals surface area contributed by atoms with Crippen LogP contribution < -0.4 is 4.74 Å². The van der Waals surface area contributed by atoms with Gasteiger partial charge in [-0.1, -0.05) is 53.5 Å². The SMILES string of the molecule is COCOc1cc(-c2nc(CCC#N)c3c(C4C5CN(C(=O)OC(C)(C)C)CC54)nn(C4CC4)c3c2F)c2c(C#C[Si](C(C)C)(C(C)C)C(C)C)c(F)ccc2c1. The molecule has 3 heterocycles. The van der Waals surface area contributed by atoms with E-state index in [0.29, 0.717) is 68.4 Å². The van der Waals surface area contributed by atoms with E-state index in [-0.39, 0.29) is 60.8 Å². The van der Waals surface area contributed by atoms with Gasteiger partial charge in [-0.25, -0.2) is 18.6 Å². The monoisotopic (exact) mass is 795 g/mol. The molecule has 2 atom stereocenters. The number of amides is 1. The minimum Gasteiger partial charge on any atom is -0.468 e. The maximum atomic E-state index is 17.8. The molecule has 2 aromatic carbocycles. The number of methoxy groups -OCH3 is 1. The van der Waals surface area contributed by atoms with Gasteiger partial charge in [0.25, 0.3) is 0 Å².